The van der Waals surface area contributed by atoms with Crippen LogP contribution in [0, 0.1) is 0 Å². The van der Waals surface area contributed by atoms with Crippen molar-refractivity contribution in [1.29, 1.82) is 0 Å². The summed E-state index contributed by atoms with van der Waals surface area (Å²) >= 11 is 0. The van der Waals surface area contributed by atoms with Crippen LogP contribution in [0.2, 0.25) is 0 Å². The van der Waals surface area contributed by atoms with Crippen molar-refractivity contribution in [3.63, 3.8) is 0 Å². The van der Waals surface area contributed by atoms with Gasteiger partial charge >= 0.3 is 0 Å². The summed E-state index contributed by atoms with van der Waals surface area (Å²) in [5.41, 5.74) is 2.85. The lowest BCUT2D eigenvalue weighted by atomic mass is 10.1. The van der Waals surface area contributed by atoms with E-state index in [2.05, 4.69) is 58.4 Å². The minimum absolute atomic E-state index is 0. The van der Waals surface area contributed by atoms with Gasteiger partial charge in [-0.05, 0) is 25.3 Å². The van der Waals surface area contributed by atoms with Gasteiger partial charge in [-0.15, -0.1) is 24.0 Å². The number of hydrogen-bond donors (Lipinski definition) is 1. The first-order valence-corrected chi connectivity index (χ1v) is 11.0. The molecule has 0 aliphatic carbocycles. The van der Waals surface area contributed by atoms with Crippen LogP contribution in [-0.2, 0) is 16.0 Å². The average molecular weight is 526 g/mol. The molecule has 3 heterocycles. The van der Waals surface area contributed by atoms with Gasteiger partial charge in [0.1, 0.15) is 0 Å². The number of hydrogen-bond acceptors (Lipinski definition) is 4. The number of benzene rings is 1. The Balaban J connectivity index is 0.00000256. The number of aliphatic imine (C=N–C) groups is 1. The first-order valence-electron chi connectivity index (χ1n) is 11.0. The number of nitrogens with zero attached hydrogens (tertiary/aromatic N) is 3. The number of guanidine groups is 1. The van der Waals surface area contributed by atoms with Crippen LogP contribution in [0.4, 0.5) is 0 Å². The lowest BCUT2D eigenvalue weighted by Gasteiger charge is -2.36. The monoisotopic (exact) mass is 526 g/mol. The van der Waals surface area contributed by atoms with E-state index in [1.165, 1.54) is 11.1 Å². The van der Waals surface area contributed by atoms with Gasteiger partial charge in [0.15, 0.2) is 5.96 Å². The van der Waals surface area contributed by atoms with Crippen molar-refractivity contribution in [2.24, 2.45) is 4.99 Å². The molecule has 0 spiro atoms. The van der Waals surface area contributed by atoms with Gasteiger partial charge in [0.25, 0.3) is 0 Å². The van der Waals surface area contributed by atoms with E-state index in [-0.39, 0.29) is 30.1 Å². The molecule has 3 aliphatic heterocycles. The predicted octanol–water partition coefficient (Wildman–Crippen LogP) is 2.89. The van der Waals surface area contributed by atoms with Gasteiger partial charge in [0.05, 0.1) is 32.0 Å². The number of nitrogens with one attached hydrogen (secondary N) is 1. The fourth-order valence-corrected chi connectivity index (χ4v) is 4.47. The molecule has 0 saturated carbocycles. The number of likely N-dealkylation sites (tertiary alicyclic amines) is 1. The molecule has 166 valence electrons. The normalized spacial score (nSPS) is 24.8. The van der Waals surface area contributed by atoms with E-state index in [4.69, 9.17) is 14.5 Å². The maximum Gasteiger partial charge on any atom is 0.194 e. The Bertz CT molecular complexity index is 712. The summed E-state index contributed by atoms with van der Waals surface area (Å²) < 4.78 is 11.5. The van der Waals surface area contributed by atoms with Gasteiger partial charge in [-0.1, -0.05) is 42.0 Å². The molecule has 1 aromatic carbocycles. The lowest BCUT2D eigenvalue weighted by Crippen LogP contribution is -2.50. The second-order valence-electron chi connectivity index (χ2n) is 8.01. The second-order valence-corrected chi connectivity index (χ2v) is 8.01. The van der Waals surface area contributed by atoms with E-state index in [1.54, 1.807) is 0 Å². The van der Waals surface area contributed by atoms with E-state index in [1.807, 2.05) is 0 Å². The highest BCUT2D eigenvalue weighted by molar-refractivity contribution is 14.0. The molecule has 7 heteroatoms. The van der Waals surface area contributed by atoms with Crippen LogP contribution < -0.4 is 5.32 Å². The fourth-order valence-electron chi connectivity index (χ4n) is 4.47. The third kappa shape index (κ3) is 6.18. The van der Waals surface area contributed by atoms with E-state index in [0.29, 0.717) is 6.04 Å². The van der Waals surface area contributed by atoms with E-state index < -0.39 is 0 Å². The zero-order valence-corrected chi connectivity index (χ0v) is 20.3. The topological polar surface area (TPSA) is 49.3 Å². The van der Waals surface area contributed by atoms with Crippen molar-refractivity contribution in [3.8, 4) is 0 Å². The molecule has 2 saturated heterocycles. The Kier molecular flexibility index (Phi) is 9.42. The van der Waals surface area contributed by atoms with Crippen molar-refractivity contribution in [1.82, 2.24) is 15.1 Å². The molecule has 0 amide bonds. The van der Waals surface area contributed by atoms with Crippen LogP contribution in [0.15, 0.2) is 47.0 Å². The van der Waals surface area contributed by atoms with Crippen LogP contribution in [-0.4, -0.2) is 80.4 Å². The lowest BCUT2D eigenvalue weighted by molar-refractivity contribution is -0.0502. The maximum absolute atomic E-state index is 6.14. The Morgan fingerprint density at radius 3 is 2.83 bits per heavy atom. The number of halogens is 1. The minimum Gasteiger partial charge on any atom is -0.377 e. The summed E-state index contributed by atoms with van der Waals surface area (Å²) in [4.78, 5) is 9.90. The molecule has 0 radical (unpaired) electrons. The van der Waals surface area contributed by atoms with Crippen LogP contribution in [0.3, 0.4) is 0 Å². The highest BCUT2D eigenvalue weighted by Crippen LogP contribution is 2.25. The van der Waals surface area contributed by atoms with Gasteiger partial charge in [-0.3, -0.25) is 9.89 Å². The highest BCUT2D eigenvalue weighted by Gasteiger charge is 2.41. The van der Waals surface area contributed by atoms with Crippen molar-refractivity contribution in [3.05, 3.63) is 47.5 Å². The average Bonchev–Trinajstić information content (AvgIpc) is 3.20. The highest BCUT2D eigenvalue weighted by atomic mass is 127. The van der Waals surface area contributed by atoms with Crippen molar-refractivity contribution in [2.45, 2.75) is 38.5 Å². The van der Waals surface area contributed by atoms with E-state index >= 15 is 0 Å². The molecular weight excluding hydrogens is 491 g/mol. The Hall–Kier alpha value is -1.16. The summed E-state index contributed by atoms with van der Waals surface area (Å²) in [6, 6.07) is 11.2. The Labute approximate surface area is 197 Å². The number of ether oxygens (including phenoxy) is 2. The molecule has 0 bridgehead atoms. The Morgan fingerprint density at radius 2 is 2.07 bits per heavy atom. The molecule has 1 N–H and O–H groups in total. The van der Waals surface area contributed by atoms with Gasteiger partial charge in [0, 0.05) is 39.3 Å². The smallest absolute Gasteiger partial charge is 0.194 e. The third-order valence-electron chi connectivity index (χ3n) is 6.03. The van der Waals surface area contributed by atoms with Crippen LogP contribution in [0.1, 0.15) is 25.3 Å². The molecule has 1 aromatic rings. The first-order chi connectivity index (χ1) is 14.3. The molecule has 2 atom stereocenters. The standard InChI is InChI=1S/C23H34N4O2.HI/c1-2-24-23(25-11-8-19-9-13-28-14-10-19)27-17-21-22(18-27)29-15-12-26(21)16-20-6-4-3-5-7-20;/h3-7,9,21-22H,2,8,10-18H2,1H3,(H,24,25);1H. The molecule has 3 aliphatic rings. The van der Waals surface area contributed by atoms with Crippen LogP contribution in [0.25, 0.3) is 0 Å². The van der Waals surface area contributed by atoms with Crippen molar-refractivity contribution >= 4 is 29.9 Å². The van der Waals surface area contributed by atoms with Gasteiger partial charge in [-0.2, -0.15) is 0 Å². The first kappa shape index (κ1) is 23.5. The van der Waals surface area contributed by atoms with Gasteiger partial charge in [-0.25, -0.2) is 0 Å². The zero-order valence-electron chi connectivity index (χ0n) is 18.0. The summed E-state index contributed by atoms with van der Waals surface area (Å²) in [6.07, 6.45) is 4.54. The quantitative estimate of drug-likeness (QED) is 0.268. The summed E-state index contributed by atoms with van der Waals surface area (Å²) in [5.74, 6) is 1.03. The molecule has 4 rings (SSSR count). The van der Waals surface area contributed by atoms with Crippen LogP contribution in [0.5, 0.6) is 0 Å². The largest absolute Gasteiger partial charge is 0.377 e. The van der Waals surface area contributed by atoms with Gasteiger partial charge in [0.2, 0.25) is 0 Å². The SMILES string of the molecule is CCNC(=NCCC1=CCOCC1)N1CC2OCCN(Cc3ccccc3)C2C1.I. The molecule has 6 nitrogen and oxygen atoms in total. The minimum atomic E-state index is 0. The Morgan fingerprint density at radius 1 is 1.20 bits per heavy atom. The number of morpholine rings is 1. The van der Waals surface area contributed by atoms with E-state index in [9.17, 15) is 0 Å². The molecular formula is C23H35IN4O2. The molecule has 30 heavy (non-hydrogen) atoms. The summed E-state index contributed by atoms with van der Waals surface area (Å²) in [5, 5.41) is 3.49. The third-order valence-corrected chi connectivity index (χ3v) is 6.03. The molecule has 2 fully saturated rings. The number of fused-ring (bicyclic) bond motifs is 1. The van der Waals surface area contributed by atoms with E-state index in [0.717, 1.165) is 77.9 Å². The van der Waals surface area contributed by atoms with Crippen molar-refractivity contribution in [2.75, 3.05) is 52.5 Å². The summed E-state index contributed by atoms with van der Waals surface area (Å²) in [6.45, 7) is 10.1. The zero-order chi connectivity index (χ0) is 19.9. The number of rotatable bonds is 6. The second kappa shape index (κ2) is 12.0. The maximum atomic E-state index is 6.14. The fraction of sp³-hybridized carbons (Fsp3) is 0.609. The predicted molar refractivity (Wildman–Crippen MR) is 131 cm³/mol. The van der Waals surface area contributed by atoms with Gasteiger partial charge < -0.3 is 19.7 Å². The molecule has 2 unspecified atom stereocenters. The van der Waals surface area contributed by atoms with Crippen LogP contribution >= 0.6 is 24.0 Å². The van der Waals surface area contributed by atoms with Crippen molar-refractivity contribution < 1.29 is 9.47 Å². The molecule has 0 aromatic heterocycles. The summed E-state index contributed by atoms with van der Waals surface area (Å²) in [7, 11) is 0.